The number of carbonyl (C=O) groups is 1. The Morgan fingerprint density at radius 2 is 2.33 bits per heavy atom. The summed E-state index contributed by atoms with van der Waals surface area (Å²) in [5.41, 5.74) is 1.06. The van der Waals surface area contributed by atoms with Crippen molar-refractivity contribution in [2.45, 2.75) is 39.5 Å². The third kappa shape index (κ3) is 2.14. The first kappa shape index (κ1) is 13.4. The Balaban J connectivity index is 2.33. The quantitative estimate of drug-likeness (QED) is 0.919. The molecule has 0 amide bonds. The van der Waals surface area contributed by atoms with Gasteiger partial charge in [0.25, 0.3) is 0 Å². The predicted molar refractivity (Wildman–Crippen MR) is 69.7 cm³/mol. The van der Waals surface area contributed by atoms with Crippen LogP contribution >= 0.6 is 11.6 Å². The van der Waals surface area contributed by atoms with Crippen molar-refractivity contribution in [1.82, 2.24) is 9.78 Å². The van der Waals surface area contributed by atoms with Crippen LogP contribution in [0, 0.1) is 18.3 Å². The molecule has 0 saturated heterocycles. The lowest BCUT2D eigenvalue weighted by molar-refractivity contribution is -0.148. The second-order valence-electron chi connectivity index (χ2n) is 5.59. The zero-order valence-electron chi connectivity index (χ0n) is 11.0. The van der Waals surface area contributed by atoms with Crippen LogP contribution < -0.4 is 0 Å². The van der Waals surface area contributed by atoms with E-state index in [9.17, 15) is 9.90 Å². The first-order valence-corrected chi connectivity index (χ1v) is 6.65. The Morgan fingerprint density at radius 3 is 2.72 bits per heavy atom. The van der Waals surface area contributed by atoms with Crippen molar-refractivity contribution in [3.63, 3.8) is 0 Å². The number of aliphatic carboxylic acids is 1. The fraction of sp³-hybridized carbons (Fsp3) is 0.692. The minimum Gasteiger partial charge on any atom is -0.481 e. The molecule has 1 aromatic heterocycles. The molecule has 1 saturated carbocycles. The van der Waals surface area contributed by atoms with Crippen molar-refractivity contribution < 1.29 is 9.90 Å². The summed E-state index contributed by atoms with van der Waals surface area (Å²) in [6, 6.07) is 0. The number of carboxylic acid groups (broad SMARTS) is 1. The molecular formula is C13H19ClN2O2. The highest BCUT2D eigenvalue weighted by atomic mass is 35.5. The van der Waals surface area contributed by atoms with Crippen LogP contribution in [0.3, 0.4) is 0 Å². The molecule has 100 valence electrons. The maximum absolute atomic E-state index is 11.6. The average Bonchev–Trinajstić information content (AvgIpc) is 2.77. The lowest BCUT2D eigenvalue weighted by Crippen LogP contribution is -2.31. The van der Waals surface area contributed by atoms with E-state index in [2.05, 4.69) is 12.0 Å². The van der Waals surface area contributed by atoms with E-state index < -0.39 is 11.4 Å². The maximum atomic E-state index is 11.6. The third-order valence-corrected chi connectivity index (χ3v) is 4.57. The summed E-state index contributed by atoms with van der Waals surface area (Å²) in [6.45, 7) is 4.00. The van der Waals surface area contributed by atoms with Crippen molar-refractivity contribution >= 4 is 17.6 Å². The Morgan fingerprint density at radius 1 is 1.67 bits per heavy atom. The average molecular weight is 271 g/mol. The van der Waals surface area contributed by atoms with Crippen LogP contribution in [0.15, 0.2) is 0 Å². The van der Waals surface area contributed by atoms with Crippen LogP contribution in [-0.2, 0) is 18.3 Å². The fourth-order valence-corrected chi connectivity index (χ4v) is 3.28. The first-order chi connectivity index (χ1) is 8.35. The lowest BCUT2D eigenvalue weighted by atomic mass is 9.79. The van der Waals surface area contributed by atoms with E-state index in [0.717, 1.165) is 30.5 Å². The van der Waals surface area contributed by atoms with Crippen molar-refractivity contribution in [1.29, 1.82) is 0 Å². The van der Waals surface area contributed by atoms with Gasteiger partial charge in [-0.25, -0.2) is 0 Å². The van der Waals surface area contributed by atoms with Crippen LogP contribution in [-0.4, -0.2) is 20.9 Å². The molecule has 4 nitrogen and oxygen atoms in total. The van der Waals surface area contributed by atoms with E-state index >= 15 is 0 Å². The van der Waals surface area contributed by atoms with Crippen LogP contribution in [0.2, 0.25) is 5.15 Å². The highest BCUT2D eigenvalue weighted by molar-refractivity contribution is 6.30. The van der Waals surface area contributed by atoms with Crippen molar-refractivity contribution in [2.75, 3.05) is 0 Å². The minimum absolute atomic E-state index is 0.469. The summed E-state index contributed by atoms with van der Waals surface area (Å²) in [7, 11) is 1.78. The van der Waals surface area contributed by atoms with Gasteiger partial charge in [0.15, 0.2) is 0 Å². The largest absolute Gasteiger partial charge is 0.481 e. The molecule has 0 radical (unpaired) electrons. The molecule has 0 bridgehead atoms. The molecule has 5 heteroatoms. The molecule has 1 aliphatic rings. The van der Waals surface area contributed by atoms with Crippen LogP contribution in [0.25, 0.3) is 0 Å². The number of aryl methyl sites for hydroxylation is 2. The van der Waals surface area contributed by atoms with Crippen LogP contribution in [0.1, 0.15) is 37.4 Å². The molecule has 1 aliphatic carbocycles. The summed E-state index contributed by atoms with van der Waals surface area (Å²) < 4.78 is 1.61. The highest BCUT2D eigenvalue weighted by Crippen LogP contribution is 2.45. The van der Waals surface area contributed by atoms with E-state index in [1.807, 2.05) is 6.92 Å². The summed E-state index contributed by atoms with van der Waals surface area (Å²) in [5, 5.41) is 14.4. The summed E-state index contributed by atoms with van der Waals surface area (Å²) in [4.78, 5) is 11.6. The molecular weight excluding hydrogens is 252 g/mol. The zero-order chi connectivity index (χ0) is 13.5. The number of hydrogen-bond donors (Lipinski definition) is 1. The Hall–Kier alpha value is -1.03. The second-order valence-corrected chi connectivity index (χ2v) is 5.95. The van der Waals surface area contributed by atoms with E-state index in [4.69, 9.17) is 11.6 Å². The molecule has 2 rings (SSSR count). The van der Waals surface area contributed by atoms with Gasteiger partial charge in [0.2, 0.25) is 0 Å². The summed E-state index contributed by atoms with van der Waals surface area (Å²) in [5.74, 6) is -0.233. The van der Waals surface area contributed by atoms with Gasteiger partial charge in [-0.15, -0.1) is 0 Å². The normalized spacial score (nSPS) is 27.7. The number of nitrogens with zero attached hydrogens (tertiary/aromatic N) is 2. The van der Waals surface area contributed by atoms with Gasteiger partial charge in [-0.2, -0.15) is 5.10 Å². The molecule has 1 fully saturated rings. The topological polar surface area (TPSA) is 55.1 Å². The maximum Gasteiger partial charge on any atom is 0.309 e. The molecule has 18 heavy (non-hydrogen) atoms. The molecule has 2 atom stereocenters. The molecule has 1 aromatic rings. The van der Waals surface area contributed by atoms with Gasteiger partial charge in [0, 0.05) is 12.6 Å². The predicted octanol–water partition coefficient (Wildman–Crippen LogP) is 2.82. The van der Waals surface area contributed by atoms with E-state index in [0.29, 0.717) is 17.5 Å². The van der Waals surface area contributed by atoms with Gasteiger partial charge < -0.3 is 5.11 Å². The number of hydrogen-bond acceptors (Lipinski definition) is 2. The van der Waals surface area contributed by atoms with E-state index in [-0.39, 0.29) is 0 Å². The van der Waals surface area contributed by atoms with Gasteiger partial charge in [-0.05, 0) is 38.5 Å². The molecule has 0 aliphatic heterocycles. The smallest absolute Gasteiger partial charge is 0.309 e. The van der Waals surface area contributed by atoms with E-state index in [1.54, 1.807) is 11.7 Å². The number of halogens is 1. The molecule has 0 aromatic carbocycles. The third-order valence-electron chi connectivity index (χ3n) is 4.09. The van der Waals surface area contributed by atoms with Gasteiger partial charge >= 0.3 is 5.97 Å². The SMILES string of the molecule is Cc1nn(C)c(Cl)c1CC1(C(=O)O)CCC(C)C1. The molecule has 1 heterocycles. The van der Waals surface area contributed by atoms with Crippen LogP contribution in [0.5, 0.6) is 0 Å². The van der Waals surface area contributed by atoms with Crippen molar-refractivity contribution in [3.8, 4) is 0 Å². The van der Waals surface area contributed by atoms with Gasteiger partial charge in [-0.3, -0.25) is 9.48 Å². The Kier molecular flexibility index (Phi) is 3.41. The minimum atomic E-state index is -0.703. The fourth-order valence-electron chi connectivity index (χ4n) is 3.04. The van der Waals surface area contributed by atoms with E-state index in [1.165, 1.54) is 0 Å². The van der Waals surface area contributed by atoms with Gasteiger partial charge in [0.1, 0.15) is 5.15 Å². The Labute approximate surface area is 112 Å². The Bertz CT molecular complexity index is 484. The van der Waals surface area contributed by atoms with Gasteiger partial charge in [-0.1, -0.05) is 18.5 Å². The molecule has 1 N–H and O–H groups in total. The monoisotopic (exact) mass is 270 g/mol. The van der Waals surface area contributed by atoms with Crippen molar-refractivity contribution in [2.24, 2.45) is 18.4 Å². The standard InChI is InChI=1S/C13H19ClN2O2/c1-8-4-5-13(6-8,12(17)18)7-10-9(2)15-16(3)11(10)14/h8H,4-7H2,1-3H3,(H,17,18). The molecule has 0 spiro atoms. The molecule has 2 unspecified atom stereocenters. The summed E-state index contributed by atoms with van der Waals surface area (Å²) >= 11 is 6.20. The second kappa shape index (κ2) is 4.57. The van der Waals surface area contributed by atoms with Gasteiger partial charge in [0.05, 0.1) is 11.1 Å². The van der Waals surface area contributed by atoms with Crippen LogP contribution in [0.4, 0.5) is 0 Å². The number of rotatable bonds is 3. The number of carboxylic acids is 1. The summed E-state index contributed by atoms with van der Waals surface area (Å²) in [6.07, 6.45) is 2.93. The zero-order valence-corrected chi connectivity index (χ0v) is 11.8. The highest BCUT2D eigenvalue weighted by Gasteiger charge is 2.45. The lowest BCUT2D eigenvalue weighted by Gasteiger charge is -2.24. The van der Waals surface area contributed by atoms with Crippen molar-refractivity contribution in [3.05, 3.63) is 16.4 Å². The first-order valence-electron chi connectivity index (χ1n) is 6.27. The number of aromatic nitrogens is 2.